The molecule has 0 atom stereocenters. The maximum atomic E-state index is 11.3. The summed E-state index contributed by atoms with van der Waals surface area (Å²) in [6.07, 6.45) is 4.42. The van der Waals surface area contributed by atoms with E-state index < -0.39 is 0 Å². The van der Waals surface area contributed by atoms with Gasteiger partial charge >= 0.3 is 0 Å². The van der Waals surface area contributed by atoms with Crippen molar-refractivity contribution in [2.24, 2.45) is 5.10 Å². The molecule has 0 aromatic heterocycles. The Kier molecular flexibility index (Phi) is 3.27. The number of hydrazone groups is 1. The van der Waals surface area contributed by atoms with Crippen LogP contribution in [0, 0.1) is 0 Å². The van der Waals surface area contributed by atoms with Crippen molar-refractivity contribution < 1.29 is 9.79 Å². The van der Waals surface area contributed by atoms with E-state index in [2.05, 4.69) is 17.2 Å². The van der Waals surface area contributed by atoms with Crippen LogP contribution in [0.2, 0.25) is 0 Å². The summed E-state index contributed by atoms with van der Waals surface area (Å²) in [5.74, 6) is -0.0223. The minimum absolute atomic E-state index is 0.0223. The van der Waals surface area contributed by atoms with Crippen LogP contribution in [-0.2, 0) is 6.42 Å². The first-order valence-corrected chi connectivity index (χ1v) is 5.99. The standard InChI is InChI=1S/C14H18N2O/c1-14(2)11-13(17)15-16(14)10-6-9-12-7-4-3-5-8-12/h3-5,7-8,10H,6,9,11H2,1-2H3/b16-10-. The highest BCUT2D eigenvalue weighted by atomic mass is 16.3. The molecule has 1 aromatic carbocycles. The van der Waals surface area contributed by atoms with Crippen molar-refractivity contribution in [1.82, 2.24) is 0 Å². The fourth-order valence-electron chi connectivity index (χ4n) is 2.03. The Labute approximate surface area is 102 Å². The second-order valence-electron chi connectivity index (χ2n) is 5.03. The lowest BCUT2D eigenvalue weighted by molar-refractivity contribution is -0.593. The van der Waals surface area contributed by atoms with Crippen LogP contribution < -0.4 is 5.11 Å². The van der Waals surface area contributed by atoms with Gasteiger partial charge in [0.05, 0.1) is 0 Å². The van der Waals surface area contributed by atoms with Gasteiger partial charge < -0.3 is 5.11 Å². The van der Waals surface area contributed by atoms with Gasteiger partial charge in [-0.05, 0) is 17.1 Å². The van der Waals surface area contributed by atoms with E-state index in [0.29, 0.717) is 6.42 Å². The molecule has 1 heterocycles. The topological polar surface area (TPSA) is 38.4 Å². The van der Waals surface area contributed by atoms with Gasteiger partial charge in [0.25, 0.3) is 0 Å². The van der Waals surface area contributed by atoms with E-state index in [9.17, 15) is 5.11 Å². The van der Waals surface area contributed by atoms with E-state index in [1.54, 1.807) is 0 Å². The molecule has 0 saturated heterocycles. The molecule has 0 amide bonds. The SMILES string of the molecule is CC1(C)CC([O-])=N/[N+]1=C\CCc1ccccc1. The first-order chi connectivity index (χ1) is 8.08. The Bertz CT molecular complexity index is 447. The zero-order valence-corrected chi connectivity index (χ0v) is 10.4. The predicted molar refractivity (Wildman–Crippen MR) is 67.2 cm³/mol. The number of benzene rings is 1. The first kappa shape index (κ1) is 11.8. The van der Waals surface area contributed by atoms with E-state index in [1.165, 1.54) is 5.56 Å². The van der Waals surface area contributed by atoms with Gasteiger partial charge in [-0.25, -0.2) is 0 Å². The molecule has 0 radical (unpaired) electrons. The molecule has 0 N–H and O–H groups in total. The average molecular weight is 230 g/mol. The molecule has 3 heteroatoms. The normalized spacial score (nSPS) is 20.6. The molecule has 0 aliphatic carbocycles. The predicted octanol–water partition coefficient (Wildman–Crippen LogP) is 1.56. The van der Waals surface area contributed by atoms with Gasteiger partial charge in [0, 0.05) is 32.6 Å². The van der Waals surface area contributed by atoms with Gasteiger partial charge in [-0.3, -0.25) is 0 Å². The third kappa shape index (κ3) is 2.93. The van der Waals surface area contributed by atoms with Gasteiger partial charge in [0.15, 0.2) is 11.8 Å². The number of hydrogen-bond acceptors (Lipinski definition) is 2. The maximum absolute atomic E-state index is 11.3. The highest BCUT2D eigenvalue weighted by Crippen LogP contribution is 2.20. The Morgan fingerprint density at radius 2 is 2.06 bits per heavy atom. The Hall–Kier alpha value is -1.64. The van der Waals surface area contributed by atoms with Crippen molar-refractivity contribution in [3.05, 3.63) is 35.9 Å². The minimum atomic E-state index is -0.159. The Morgan fingerprint density at radius 1 is 1.35 bits per heavy atom. The summed E-state index contributed by atoms with van der Waals surface area (Å²) in [5, 5.41) is 15.3. The van der Waals surface area contributed by atoms with Gasteiger partial charge in [-0.15, -0.1) is 0 Å². The van der Waals surface area contributed by atoms with E-state index in [1.807, 2.05) is 42.9 Å². The van der Waals surface area contributed by atoms with Crippen LogP contribution >= 0.6 is 0 Å². The fourth-order valence-corrected chi connectivity index (χ4v) is 2.03. The summed E-state index contributed by atoms with van der Waals surface area (Å²) in [6, 6.07) is 10.3. The van der Waals surface area contributed by atoms with Gasteiger partial charge in [0.2, 0.25) is 0 Å². The molecule has 0 fully saturated rings. The van der Waals surface area contributed by atoms with Crippen LogP contribution in [0.1, 0.15) is 32.3 Å². The highest BCUT2D eigenvalue weighted by molar-refractivity contribution is 5.73. The van der Waals surface area contributed by atoms with Crippen molar-refractivity contribution in [1.29, 1.82) is 0 Å². The molecule has 1 aromatic rings. The lowest BCUT2D eigenvalue weighted by Gasteiger charge is -2.11. The molecule has 0 unspecified atom stereocenters. The molecule has 1 aliphatic rings. The smallest absolute Gasteiger partial charge is 0.192 e. The summed E-state index contributed by atoms with van der Waals surface area (Å²) in [5.41, 5.74) is 1.15. The third-order valence-electron chi connectivity index (χ3n) is 3.00. The molecule has 2 rings (SSSR count). The van der Waals surface area contributed by atoms with Crippen molar-refractivity contribution in [3.8, 4) is 0 Å². The van der Waals surface area contributed by atoms with Crippen molar-refractivity contribution in [2.45, 2.75) is 38.6 Å². The maximum Gasteiger partial charge on any atom is 0.192 e. The van der Waals surface area contributed by atoms with Crippen LogP contribution in [0.25, 0.3) is 0 Å². The van der Waals surface area contributed by atoms with Crippen LogP contribution in [0.5, 0.6) is 0 Å². The van der Waals surface area contributed by atoms with Crippen molar-refractivity contribution >= 4 is 12.1 Å². The van der Waals surface area contributed by atoms with Crippen LogP contribution in [0.3, 0.4) is 0 Å². The summed E-state index contributed by atoms with van der Waals surface area (Å²) < 4.78 is 1.82. The quantitative estimate of drug-likeness (QED) is 0.726. The molecule has 0 bridgehead atoms. The second-order valence-corrected chi connectivity index (χ2v) is 5.03. The number of aryl methyl sites for hydroxylation is 1. The zero-order valence-electron chi connectivity index (χ0n) is 10.4. The zero-order chi connectivity index (χ0) is 12.3. The molecular formula is C14H18N2O. The van der Waals surface area contributed by atoms with Crippen LogP contribution in [0.15, 0.2) is 35.4 Å². The average Bonchev–Trinajstić information content (AvgIpc) is 2.53. The monoisotopic (exact) mass is 230 g/mol. The second kappa shape index (κ2) is 4.70. The summed E-state index contributed by atoms with van der Waals surface area (Å²) in [4.78, 5) is 0. The number of hydrogen-bond donors (Lipinski definition) is 0. The molecular weight excluding hydrogens is 212 g/mol. The van der Waals surface area contributed by atoms with E-state index in [0.717, 1.165) is 12.8 Å². The lowest BCUT2D eigenvalue weighted by atomic mass is 10.0. The Morgan fingerprint density at radius 3 is 2.65 bits per heavy atom. The molecule has 0 saturated carbocycles. The van der Waals surface area contributed by atoms with Gasteiger partial charge in [0.1, 0.15) is 0 Å². The third-order valence-corrected chi connectivity index (χ3v) is 3.00. The minimum Gasteiger partial charge on any atom is -0.857 e. The van der Waals surface area contributed by atoms with Crippen LogP contribution in [-0.4, -0.2) is 22.3 Å². The van der Waals surface area contributed by atoms with Crippen molar-refractivity contribution in [3.63, 3.8) is 0 Å². The van der Waals surface area contributed by atoms with E-state index in [-0.39, 0.29) is 11.4 Å². The molecule has 17 heavy (non-hydrogen) atoms. The van der Waals surface area contributed by atoms with E-state index in [4.69, 9.17) is 0 Å². The summed E-state index contributed by atoms with van der Waals surface area (Å²) in [7, 11) is 0. The van der Waals surface area contributed by atoms with E-state index >= 15 is 0 Å². The fraction of sp³-hybridized carbons (Fsp3) is 0.429. The molecule has 0 spiro atoms. The summed E-state index contributed by atoms with van der Waals surface area (Å²) >= 11 is 0. The van der Waals surface area contributed by atoms with Crippen molar-refractivity contribution in [2.75, 3.05) is 0 Å². The highest BCUT2D eigenvalue weighted by Gasteiger charge is 2.35. The van der Waals surface area contributed by atoms with Gasteiger partial charge in [-0.1, -0.05) is 35.0 Å². The first-order valence-electron chi connectivity index (χ1n) is 5.99. The Balaban J connectivity index is 1.98. The molecule has 3 nitrogen and oxygen atoms in total. The summed E-state index contributed by atoms with van der Waals surface area (Å²) in [6.45, 7) is 4.08. The lowest BCUT2D eigenvalue weighted by Crippen LogP contribution is -2.31. The largest absolute Gasteiger partial charge is 0.857 e. The molecule has 1 aliphatic heterocycles. The number of rotatable bonds is 3. The molecule has 90 valence electrons. The van der Waals surface area contributed by atoms with Crippen LogP contribution in [0.4, 0.5) is 0 Å². The number of nitrogens with zero attached hydrogens (tertiary/aromatic N) is 2. The van der Waals surface area contributed by atoms with Gasteiger partial charge in [-0.2, -0.15) is 0 Å².